The lowest BCUT2D eigenvalue weighted by atomic mass is 10.1. The molecular formula is C13H17N3O2. The number of likely N-dealkylation sites (N-methyl/N-ethyl adjacent to an activating group) is 1. The number of para-hydroxylation sites is 1. The second kappa shape index (κ2) is 5.08. The molecule has 0 saturated carbocycles. The van der Waals surface area contributed by atoms with Gasteiger partial charge in [0.2, 0.25) is 5.91 Å². The molecule has 1 aliphatic rings. The van der Waals surface area contributed by atoms with Crippen LogP contribution >= 0.6 is 0 Å². The molecule has 2 N–H and O–H groups in total. The number of carbonyl (C=O) groups is 2. The van der Waals surface area contributed by atoms with Gasteiger partial charge < -0.3 is 15.5 Å². The summed E-state index contributed by atoms with van der Waals surface area (Å²) in [7, 11) is 3.51. The van der Waals surface area contributed by atoms with E-state index >= 15 is 0 Å². The summed E-state index contributed by atoms with van der Waals surface area (Å²) in [5.74, 6) is -0.237. The molecule has 0 radical (unpaired) electrons. The van der Waals surface area contributed by atoms with E-state index in [1.54, 1.807) is 31.1 Å². The minimum atomic E-state index is -0.396. The van der Waals surface area contributed by atoms with Crippen LogP contribution in [0.1, 0.15) is 16.8 Å². The minimum absolute atomic E-state index is 0.0229. The molecule has 2 rings (SSSR count). The van der Waals surface area contributed by atoms with Crippen molar-refractivity contribution in [3.63, 3.8) is 0 Å². The summed E-state index contributed by atoms with van der Waals surface area (Å²) in [6.07, 6.45) is 0.669. The number of hydrogen-bond acceptors (Lipinski definition) is 3. The van der Waals surface area contributed by atoms with E-state index in [0.717, 1.165) is 5.69 Å². The van der Waals surface area contributed by atoms with Gasteiger partial charge in [0.1, 0.15) is 6.04 Å². The monoisotopic (exact) mass is 247 g/mol. The average molecular weight is 247 g/mol. The Morgan fingerprint density at radius 2 is 2.11 bits per heavy atom. The van der Waals surface area contributed by atoms with E-state index in [4.69, 9.17) is 0 Å². The molecule has 18 heavy (non-hydrogen) atoms. The Balaban J connectivity index is 2.10. The highest BCUT2D eigenvalue weighted by Gasteiger charge is 2.30. The van der Waals surface area contributed by atoms with Crippen LogP contribution in [-0.2, 0) is 4.79 Å². The number of nitrogens with zero attached hydrogens (tertiary/aromatic N) is 1. The van der Waals surface area contributed by atoms with Crippen molar-refractivity contribution in [2.45, 2.75) is 12.5 Å². The first-order valence-corrected chi connectivity index (χ1v) is 5.96. The summed E-state index contributed by atoms with van der Waals surface area (Å²) in [6, 6.07) is 6.84. The number of nitrogens with one attached hydrogen (secondary N) is 2. The van der Waals surface area contributed by atoms with Gasteiger partial charge in [-0.3, -0.25) is 9.59 Å². The maximum absolute atomic E-state index is 12.1. The van der Waals surface area contributed by atoms with E-state index < -0.39 is 6.04 Å². The molecule has 0 bridgehead atoms. The second-order valence-corrected chi connectivity index (χ2v) is 4.37. The number of carbonyl (C=O) groups excluding carboxylic acids is 2. The van der Waals surface area contributed by atoms with Crippen LogP contribution in [0.3, 0.4) is 0 Å². The standard InChI is InChI=1S/C13H17N3O2/c1-14-10-6-4-3-5-9(10)12(17)15-11-7-8-16(2)13(11)18/h3-6,11,14H,7-8H2,1-2H3,(H,15,17). The van der Waals surface area contributed by atoms with Gasteiger partial charge in [0.15, 0.2) is 0 Å². The fourth-order valence-electron chi connectivity index (χ4n) is 2.09. The number of rotatable bonds is 3. The van der Waals surface area contributed by atoms with E-state index in [0.29, 0.717) is 18.5 Å². The number of benzene rings is 1. The van der Waals surface area contributed by atoms with Crippen molar-refractivity contribution in [2.75, 3.05) is 26.0 Å². The van der Waals surface area contributed by atoms with Crippen LogP contribution in [-0.4, -0.2) is 43.4 Å². The molecule has 1 aliphatic heterocycles. The van der Waals surface area contributed by atoms with Crippen LogP contribution in [0.2, 0.25) is 0 Å². The lowest BCUT2D eigenvalue weighted by Crippen LogP contribution is -2.40. The summed E-state index contributed by atoms with van der Waals surface area (Å²) in [4.78, 5) is 25.5. The molecule has 1 saturated heterocycles. The van der Waals surface area contributed by atoms with Crippen molar-refractivity contribution in [1.82, 2.24) is 10.2 Å². The van der Waals surface area contributed by atoms with Crippen LogP contribution in [0.25, 0.3) is 0 Å². The first-order valence-electron chi connectivity index (χ1n) is 5.96. The summed E-state index contributed by atoms with van der Waals surface area (Å²) in [5, 5.41) is 5.75. The van der Waals surface area contributed by atoms with Crippen LogP contribution < -0.4 is 10.6 Å². The smallest absolute Gasteiger partial charge is 0.254 e. The third-order valence-electron chi connectivity index (χ3n) is 3.17. The first-order chi connectivity index (χ1) is 8.63. The topological polar surface area (TPSA) is 61.4 Å². The summed E-state index contributed by atoms with van der Waals surface area (Å²) >= 11 is 0. The highest BCUT2D eigenvalue weighted by molar-refractivity contribution is 6.02. The maximum atomic E-state index is 12.1. The molecule has 1 unspecified atom stereocenters. The van der Waals surface area contributed by atoms with Crippen molar-refractivity contribution >= 4 is 17.5 Å². The Bertz CT molecular complexity index is 473. The normalized spacial score (nSPS) is 18.9. The Kier molecular flexibility index (Phi) is 3.50. The first kappa shape index (κ1) is 12.4. The van der Waals surface area contributed by atoms with Crippen LogP contribution in [0.5, 0.6) is 0 Å². The third-order valence-corrected chi connectivity index (χ3v) is 3.17. The summed E-state index contributed by atoms with van der Waals surface area (Å²) < 4.78 is 0. The van der Waals surface area contributed by atoms with Gasteiger partial charge in [-0.1, -0.05) is 12.1 Å². The Morgan fingerprint density at radius 3 is 2.72 bits per heavy atom. The summed E-state index contributed by atoms with van der Waals surface area (Å²) in [5.41, 5.74) is 1.32. The zero-order valence-corrected chi connectivity index (χ0v) is 10.6. The molecule has 5 heteroatoms. The van der Waals surface area contributed by atoms with E-state index in [9.17, 15) is 9.59 Å². The van der Waals surface area contributed by atoms with Gasteiger partial charge in [-0.15, -0.1) is 0 Å². The van der Waals surface area contributed by atoms with E-state index in [-0.39, 0.29) is 11.8 Å². The van der Waals surface area contributed by atoms with Gasteiger partial charge in [0.25, 0.3) is 5.91 Å². The Labute approximate surface area is 106 Å². The molecule has 1 fully saturated rings. The lowest BCUT2D eigenvalue weighted by Gasteiger charge is -2.14. The molecule has 96 valence electrons. The predicted octanol–water partition coefficient (Wildman–Crippen LogP) is 0.689. The minimum Gasteiger partial charge on any atom is -0.387 e. The molecule has 1 atom stereocenters. The van der Waals surface area contributed by atoms with Crippen LogP contribution in [0.15, 0.2) is 24.3 Å². The molecule has 1 aromatic carbocycles. The lowest BCUT2D eigenvalue weighted by molar-refractivity contribution is -0.128. The zero-order chi connectivity index (χ0) is 13.1. The number of likely N-dealkylation sites (tertiary alicyclic amines) is 1. The molecule has 2 amide bonds. The third kappa shape index (κ3) is 2.30. The van der Waals surface area contributed by atoms with Crippen LogP contribution in [0.4, 0.5) is 5.69 Å². The molecule has 1 heterocycles. The van der Waals surface area contributed by atoms with Crippen molar-refractivity contribution < 1.29 is 9.59 Å². The van der Waals surface area contributed by atoms with Gasteiger partial charge >= 0.3 is 0 Å². The fourth-order valence-corrected chi connectivity index (χ4v) is 2.09. The van der Waals surface area contributed by atoms with E-state index in [1.165, 1.54) is 0 Å². The van der Waals surface area contributed by atoms with Gasteiger partial charge in [-0.2, -0.15) is 0 Å². The van der Waals surface area contributed by atoms with Crippen molar-refractivity contribution in [3.05, 3.63) is 29.8 Å². The quantitative estimate of drug-likeness (QED) is 0.826. The molecule has 5 nitrogen and oxygen atoms in total. The fraction of sp³-hybridized carbons (Fsp3) is 0.385. The number of anilines is 1. The summed E-state index contributed by atoms with van der Waals surface area (Å²) in [6.45, 7) is 0.692. The maximum Gasteiger partial charge on any atom is 0.254 e. The van der Waals surface area contributed by atoms with Gasteiger partial charge in [0.05, 0.1) is 5.56 Å². The molecule has 0 spiro atoms. The zero-order valence-electron chi connectivity index (χ0n) is 10.6. The van der Waals surface area contributed by atoms with Gasteiger partial charge in [-0.05, 0) is 18.6 Å². The van der Waals surface area contributed by atoms with Gasteiger partial charge in [-0.25, -0.2) is 0 Å². The predicted molar refractivity (Wildman–Crippen MR) is 69.5 cm³/mol. The highest BCUT2D eigenvalue weighted by atomic mass is 16.2. The largest absolute Gasteiger partial charge is 0.387 e. The van der Waals surface area contributed by atoms with E-state index in [1.807, 2.05) is 12.1 Å². The molecular weight excluding hydrogens is 230 g/mol. The SMILES string of the molecule is CNc1ccccc1C(=O)NC1CCN(C)C1=O. The second-order valence-electron chi connectivity index (χ2n) is 4.37. The average Bonchev–Trinajstić information content (AvgIpc) is 2.70. The Morgan fingerprint density at radius 1 is 1.39 bits per heavy atom. The van der Waals surface area contributed by atoms with Crippen molar-refractivity contribution in [1.29, 1.82) is 0 Å². The number of amides is 2. The van der Waals surface area contributed by atoms with Crippen molar-refractivity contribution in [3.8, 4) is 0 Å². The van der Waals surface area contributed by atoms with Gasteiger partial charge in [0, 0.05) is 26.3 Å². The van der Waals surface area contributed by atoms with Crippen molar-refractivity contribution in [2.24, 2.45) is 0 Å². The molecule has 0 aliphatic carbocycles. The molecule has 1 aromatic rings. The Hall–Kier alpha value is -2.04. The van der Waals surface area contributed by atoms with E-state index in [2.05, 4.69) is 10.6 Å². The molecule has 0 aromatic heterocycles. The number of hydrogen-bond donors (Lipinski definition) is 2. The van der Waals surface area contributed by atoms with Crippen LogP contribution in [0, 0.1) is 0 Å². The highest BCUT2D eigenvalue weighted by Crippen LogP contribution is 2.15.